The number of benzene rings is 3. The highest BCUT2D eigenvalue weighted by molar-refractivity contribution is 8.00. The van der Waals surface area contributed by atoms with Crippen molar-refractivity contribution in [3.8, 4) is 0 Å². The SMILES string of the molecule is O=C(CSCC(=O)c1cc2ccccc2oc1=O)Nc1cccc2ccccc12. The van der Waals surface area contributed by atoms with Gasteiger partial charge in [0.1, 0.15) is 11.1 Å². The fourth-order valence-electron chi connectivity index (χ4n) is 3.09. The molecule has 5 nitrogen and oxygen atoms in total. The van der Waals surface area contributed by atoms with E-state index in [1.165, 1.54) is 0 Å². The largest absolute Gasteiger partial charge is 0.422 e. The van der Waals surface area contributed by atoms with Crippen molar-refractivity contribution in [2.75, 3.05) is 16.8 Å². The number of Topliss-reactive ketones (excluding diaryl/α,β-unsaturated/α-hetero) is 1. The van der Waals surface area contributed by atoms with E-state index in [1.54, 1.807) is 24.3 Å². The molecule has 0 radical (unpaired) electrons. The minimum atomic E-state index is -0.658. The van der Waals surface area contributed by atoms with Crippen molar-refractivity contribution < 1.29 is 14.0 Å². The van der Waals surface area contributed by atoms with Crippen molar-refractivity contribution in [2.45, 2.75) is 0 Å². The number of para-hydroxylation sites is 1. The van der Waals surface area contributed by atoms with Crippen LogP contribution in [-0.4, -0.2) is 23.2 Å². The number of ketones is 1. The van der Waals surface area contributed by atoms with Crippen LogP contribution in [0.3, 0.4) is 0 Å². The Hall–Kier alpha value is -3.38. The maximum atomic E-state index is 12.4. The summed E-state index contributed by atoms with van der Waals surface area (Å²) < 4.78 is 5.20. The topological polar surface area (TPSA) is 76.4 Å². The molecule has 0 aliphatic carbocycles. The second kappa shape index (κ2) is 8.32. The lowest BCUT2D eigenvalue weighted by Gasteiger charge is -2.08. The Morgan fingerprint density at radius 1 is 0.862 bits per heavy atom. The van der Waals surface area contributed by atoms with Gasteiger partial charge < -0.3 is 9.73 Å². The third kappa shape index (κ3) is 4.22. The summed E-state index contributed by atoms with van der Waals surface area (Å²) in [4.78, 5) is 36.8. The average Bonchev–Trinajstić information content (AvgIpc) is 2.73. The van der Waals surface area contributed by atoms with Crippen LogP contribution < -0.4 is 10.9 Å². The van der Waals surface area contributed by atoms with Gasteiger partial charge in [-0.3, -0.25) is 9.59 Å². The van der Waals surface area contributed by atoms with E-state index < -0.39 is 5.63 Å². The first-order valence-corrected chi connectivity index (χ1v) is 10.2. The van der Waals surface area contributed by atoms with E-state index in [4.69, 9.17) is 4.42 Å². The highest BCUT2D eigenvalue weighted by Crippen LogP contribution is 2.23. The maximum absolute atomic E-state index is 12.4. The minimum Gasteiger partial charge on any atom is -0.422 e. The maximum Gasteiger partial charge on any atom is 0.347 e. The Morgan fingerprint density at radius 3 is 2.45 bits per heavy atom. The molecule has 0 bridgehead atoms. The number of anilines is 1. The van der Waals surface area contributed by atoms with Crippen LogP contribution in [0.15, 0.2) is 82.0 Å². The predicted molar refractivity (Wildman–Crippen MR) is 117 cm³/mol. The van der Waals surface area contributed by atoms with E-state index in [0.717, 1.165) is 28.2 Å². The van der Waals surface area contributed by atoms with Gasteiger partial charge in [-0.1, -0.05) is 54.6 Å². The molecule has 29 heavy (non-hydrogen) atoms. The Morgan fingerprint density at radius 2 is 1.59 bits per heavy atom. The number of hydrogen-bond donors (Lipinski definition) is 1. The number of carbonyl (C=O) groups excluding carboxylic acids is 2. The van der Waals surface area contributed by atoms with E-state index >= 15 is 0 Å². The minimum absolute atomic E-state index is 0.00524. The van der Waals surface area contributed by atoms with Gasteiger partial charge in [0, 0.05) is 16.5 Å². The molecule has 144 valence electrons. The fourth-order valence-corrected chi connectivity index (χ4v) is 3.79. The van der Waals surface area contributed by atoms with Crippen molar-refractivity contribution in [2.24, 2.45) is 0 Å². The van der Waals surface area contributed by atoms with Gasteiger partial charge in [0.15, 0.2) is 5.78 Å². The van der Waals surface area contributed by atoms with Crippen LogP contribution in [0.25, 0.3) is 21.7 Å². The molecule has 0 saturated heterocycles. The molecule has 1 N–H and O–H groups in total. The molecule has 0 fully saturated rings. The van der Waals surface area contributed by atoms with E-state index in [2.05, 4.69) is 5.32 Å². The third-order valence-electron chi connectivity index (χ3n) is 4.47. The molecule has 6 heteroatoms. The smallest absolute Gasteiger partial charge is 0.347 e. The number of carbonyl (C=O) groups is 2. The highest BCUT2D eigenvalue weighted by atomic mass is 32.2. The van der Waals surface area contributed by atoms with Crippen molar-refractivity contribution in [3.63, 3.8) is 0 Å². The third-order valence-corrected chi connectivity index (χ3v) is 5.40. The average molecular weight is 403 g/mol. The summed E-state index contributed by atoms with van der Waals surface area (Å²) in [5, 5.41) is 5.57. The molecule has 0 saturated carbocycles. The molecule has 3 aromatic carbocycles. The molecule has 0 unspecified atom stereocenters. The van der Waals surface area contributed by atoms with Gasteiger partial charge in [-0.2, -0.15) is 0 Å². The molecule has 1 aromatic heterocycles. The Labute approximate surface area is 170 Å². The van der Waals surface area contributed by atoms with Crippen LogP contribution >= 0.6 is 11.8 Å². The molecule has 1 heterocycles. The zero-order valence-corrected chi connectivity index (χ0v) is 16.2. The van der Waals surface area contributed by atoms with Gasteiger partial charge in [-0.15, -0.1) is 11.8 Å². The van der Waals surface area contributed by atoms with E-state index in [-0.39, 0.29) is 28.8 Å². The summed E-state index contributed by atoms with van der Waals surface area (Å²) in [5.41, 5.74) is 0.520. The molecule has 4 aromatic rings. The lowest BCUT2D eigenvalue weighted by atomic mass is 10.1. The molecular weight excluding hydrogens is 386 g/mol. The molecule has 0 aliphatic rings. The van der Waals surface area contributed by atoms with Crippen molar-refractivity contribution >= 4 is 50.9 Å². The Balaban J connectivity index is 1.38. The van der Waals surface area contributed by atoms with Crippen LogP contribution in [0.2, 0.25) is 0 Å². The van der Waals surface area contributed by atoms with Gasteiger partial charge >= 0.3 is 5.63 Å². The molecule has 4 rings (SSSR count). The van der Waals surface area contributed by atoms with Gasteiger partial charge in [-0.25, -0.2) is 4.79 Å². The van der Waals surface area contributed by atoms with Crippen molar-refractivity contribution in [1.29, 1.82) is 0 Å². The zero-order chi connectivity index (χ0) is 20.2. The number of amides is 1. The van der Waals surface area contributed by atoms with Gasteiger partial charge in [-0.05, 0) is 23.6 Å². The first-order chi connectivity index (χ1) is 14.1. The fraction of sp³-hybridized carbons (Fsp3) is 0.0870. The summed E-state index contributed by atoms with van der Waals surface area (Å²) in [7, 11) is 0. The van der Waals surface area contributed by atoms with Crippen molar-refractivity contribution in [1.82, 2.24) is 0 Å². The highest BCUT2D eigenvalue weighted by Gasteiger charge is 2.15. The standard InChI is InChI=1S/C23H17NO4S/c25-20(18-12-16-7-2-4-11-21(16)28-23(18)27)13-29-14-22(26)24-19-10-5-8-15-6-1-3-9-17(15)19/h1-12H,13-14H2,(H,24,26). The first-order valence-electron chi connectivity index (χ1n) is 9.03. The van der Waals surface area contributed by atoms with Crippen LogP contribution in [-0.2, 0) is 4.79 Å². The molecule has 0 spiro atoms. The van der Waals surface area contributed by atoms with Gasteiger partial charge in [0.25, 0.3) is 0 Å². The first kappa shape index (κ1) is 19.0. The van der Waals surface area contributed by atoms with E-state index in [1.807, 2.05) is 48.5 Å². The number of rotatable bonds is 6. The van der Waals surface area contributed by atoms with Gasteiger partial charge in [0.05, 0.1) is 11.5 Å². The Kier molecular flexibility index (Phi) is 5.44. The number of thioether (sulfide) groups is 1. The summed E-state index contributed by atoms with van der Waals surface area (Å²) in [6.45, 7) is 0. The summed E-state index contributed by atoms with van der Waals surface area (Å²) in [5.74, 6) is -0.433. The quantitative estimate of drug-likeness (QED) is 0.379. The van der Waals surface area contributed by atoms with E-state index in [9.17, 15) is 14.4 Å². The van der Waals surface area contributed by atoms with Crippen LogP contribution in [0.4, 0.5) is 5.69 Å². The number of hydrogen-bond acceptors (Lipinski definition) is 5. The van der Waals surface area contributed by atoms with Gasteiger partial charge in [0.2, 0.25) is 5.91 Å². The van der Waals surface area contributed by atoms with E-state index in [0.29, 0.717) is 11.0 Å². The summed E-state index contributed by atoms with van der Waals surface area (Å²) in [6, 6.07) is 22.1. The zero-order valence-electron chi connectivity index (χ0n) is 15.4. The molecular formula is C23H17NO4S. The van der Waals surface area contributed by atoms with Crippen molar-refractivity contribution in [3.05, 3.63) is 88.8 Å². The second-order valence-corrected chi connectivity index (χ2v) is 7.46. The molecule has 1 amide bonds. The van der Waals surface area contributed by atoms with Crippen LogP contribution in [0, 0.1) is 0 Å². The van der Waals surface area contributed by atoms with Crippen LogP contribution in [0.1, 0.15) is 10.4 Å². The summed E-state index contributed by atoms with van der Waals surface area (Å²) in [6.07, 6.45) is 0. The lowest BCUT2D eigenvalue weighted by molar-refractivity contribution is -0.113. The predicted octanol–water partition coefficient (Wildman–Crippen LogP) is 4.50. The second-order valence-electron chi connectivity index (χ2n) is 6.48. The van der Waals surface area contributed by atoms with Crippen LogP contribution in [0.5, 0.6) is 0 Å². The lowest BCUT2D eigenvalue weighted by Crippen LogP contribution is -2.18. The monoisotopic (exact) mass is 403 g/mol. The Bertz CT molecular complexity index is 1270. The normalized spacial score (nSPS) is 10.9. The molecule has 0 aliphatic heterocycles. The molecule has 0 atom stereocenters. The summed E-state index contributed by atoms with van der Waals surface area (Å²) >= 11 is 1.16. The number of fused-ring (bicyclic) bond motifs is 2. The number of nitrogens with one attached hydrogen (secondary N) is 1.